The maximum atomic E-state index is 12.9. The second-order valence-electron chi connectivity index (χ2n) is 11.5. The van der Waals surface area contributed by atoms with Crippen molar-refractivity contribution in [3.05, 3.63) is 0 Å². The fourth-order valence-corrected chi connectivity index (χ4v) is 7.53. The molecule has 6 nitrogen and oxygen atoms in total. The zero-order chi connectivity index (χ0) is 21.9. The van der Waals surface area contributed by atoms with Crippen LogP contribution in [0.3, 0.4) is 0 Å². The van der Waals surface area contributed by atoms with Crippen molar-refractivity contribution in [2.45, 2.75) is 89.1 Å². The average molecular weight is 445 g/mol. The van der Waals surface area contributed by atoms with Crippen LogP contribution in [-0.2, 0) is 9.59 Å². The van der Waals surface area contributed by atoms with E-state index in [1.807, 2.05) is 0 Å². The molecular formula is C26H44N4O2. The molecule has 5 unspecified atom stereocenters. The summed E-state index contributed by atoms with van der Waals surface area (Å²) in [5.74, 6) is 3.65. The lowest BCUT2D eigenvalue weighted by atomic mass is 9.73. The molecule has 6 heteroatoms. The molecule has 180 valence electrons. The first kappa shape index (κ1) is 22.6. The summed E-state index contributed by atoms with van der Waals surface area (Å²) < 4.78 is 0. The van der Waals surface area contributed by atoms with E-state index in [0.717, 1.165) is 70.1 Å². The normalized spacial score (nSPS) is 40.7. The number of carbonyl (C=O) groups is 2. The van der Waals surface area contributed by atoms with Crippen LogP contribution in [0.4, 0.5) is 0 Å². The number of amides is 2. The number of hydrogen-bond donors (Lipinski definition) is 3. The summed E-state index contributed by atoms with van der Waals surface area (Å²) in [6, 6.07) is 0.946. The van der Waals surface area contributed by atoms with Crippen molar-refractivity contribution in [2.75, 3.05) is 32.7 Å². The highest BCUT2D eigenvalue weighted by atomic mass is 16.2. The Morgan fingerprint density at radius 2 is 1.75 bits per heavy atom. The third-order valence-electron chi connectivity index (χ3n) is 9.58. The van der Waals surface area contributed by atoms with Crippen LogP contribution >= 0.6 is 0 Å². The van der Waals surface area contributed by atoms with Gasteiger partial charge in [-0.05, 0) is 108 Å². The van der Waals surface area contributed by atoms with E-state index in [2.05, 4.69) is 20.9 Å². The smallest absolute Gasteiger partial charge is 0.223 e. The van der Waals surface area contributed by atoms with Crippen LogP contribution in [0, 0.1) is 29.6 Å². The number of rotatable bonds is 5. The number of nitrogens with one attached hydrogen (secondary N) is 3. The molecule has 2 amide bonds. The summed E-state index contributed by atoms with van der Waals surface area (Å²) in [6.07, 6.45) is 13.7. The highest BCUT2D eigenvalue weighted by Gasteiger charge is 2.42. The highest BCUT2D eigenvalue weighted by molar-refractivity contribution is 5.79. The van der Waals surface area contributed by atoms with Gasteiger partial charge in [0.15, 0.2) is 0 Å². The van der Waals surface area contributed by atoms with Gasteiger partial charge in [-0.3, -0.25) is 9.59 Å². The summed E-state index contributed by atoms with van der Waals surface area (Å²) in [7, 11) is 0. The van der Waals surface area contributed by atoms with E-state index in [9.17, 15) is 9.59 Å². The average Bonchev–Trinajstić information content (AvgIpc) is 3.24. The zero-order valence-electron chi connectivity index (χ0n) is 19.8. The molecule has 2 aliphatic carbocycles. The number of likely N-dealkylation sites (tertiary alicyclic amines) is 1. The third-order valence-corrected chi connectivity index (χ3v) is 9.58. The maximum absolute atomic E-state index is 12.9. The number of fused-ring (bicyclic) bond motifs is 1. The monoisotopic (exact) mass is 444 g/mol. The summed E-state index contributed by atoms with van der Waals surface area (Å²) in [5, 5.41) is 10.3. The largest absolute Gasteiger partial charge is 0.354 e. The minimum atomic E-state index is 0.179. The van der Waals surface area contributed by atoms with Gasteiger partial charge in [0.25, 0.3) is 0 Å². The second-order valence-corrected chi connectivity index (χ2v) is 11.5. The molecule has 5 aliphatic rings. The van der Waals surface area contributed by atoms with Crippen LogP contribution in [0.15, 0.2) is 0 Å². The van der Waals surface area contributed by atoms with Gasteiger partial charge in [0.05, 0.1) is 0 Å². The summed E-state index contributed by atoms with van der Waals surface area (Å²) in [5.41, 5.74) is 0. The van der Waals surface area contributed by atoms with Gasteiger partial charge in [0.2, 0.25) is 11.8 Å². The quantitative estimate of drug-likeness (QED) is 0.610. The van der Waals surface area contributed by atoms with Gasteiger partial charge in [-0.2, -0.15) is 0 Å². The second kappa shape index (κ2) is 10.4. The van der Waals surface area contributed by atoms with E-state index in [1.54, 1.807) is 0 Å². The molecule has 0 bridgehead atoms. The van der Waals surface area contributed by atoms with Crippen molar-refractivity contribution in [2.24, 2.45) is 29.6 Å². The molecule has 3 aliphatic heterocycles. The van der Waals surface area contributed by atoms with E-state index < -0.39 is 0 Å². The van der Waals surface area contributed by atoms with Crippen LogP contribution in [0.1, 0.15) is 77.0 Å². The predicted molar refractivity (Wildman–Crippen MR) is 126 cm³/mol. The molecule has 3 saturated heterocycles. The molecule has 0 aromatic carbocycles. The van der Waals surface area contributed by atoms with Crippen molar-refractivity contribution in [3.8, 4) is 0 Å². The van der Waals surface area contributed by atoms with Crippen LogP contribution < -0.4 is 16.0 Å². The van der Waals surface area contributed by atoms with E-state index in [4.69, 9.17) is 0 Å². The van der Waals surface area contributed by atoms with Gasteiger partial charge in [-0.25, -0.2) is 0 Å². The Morgan fingerprint density at radius 3 is 2.56 bits per heavy atom. The number of piperidine rings is 2. The highest BCUT2D eigenvalue weighted by Crippen LogP contribution is 2.42. The Hall–Kier alpha value is -1.14. The SMILES string of the molecule is O=C(NCC1CCCCN1)C1CCC(C2CC(=O)N(C3CCC4CNCCC4C3)C2)CC1. The van der Waals surface area contributed by atoms with Gasteiger partial charge < -0.3 is 20.9 Å². The molecule has 0 spiro atoms. The first-order valence-corrected chi connectivity index (χ1v) is 13.7. The molecule has 5 fully saturated rings. The molecular weight excluding hydrogens is 400 g/mol. The Labute approximate surface area is 194 Å². The Morgan fingerprint density at radius 1 is 0.906 bits per heavy atom. The molecule has 3 N–H and O–H groups in total. The van der Waals surface area contributed by atoms with Crippen molar-refractivity contribution in [3.63, 3.8) is 0 Å². The van der Waals surface area contributed by atoms with E-state index in [1.165, 1.54) is 51.5 Å². The molecule has 5 rings (SSSR count). The number of hydrogen-bond acceptors (Lipinski definition) is 4. The molecule has 2 saturated carbocycles. The summed E-state index contributed by atoms with van der Waals surface area (Å²) >= 11 is 0. The Bertz CT molecular complexity index is 656. The fourth-order valence-electron chi connectivity index (χ4n) is 7.53. The lowest BCUT2D eigenvalue weighted by Crippen LogP contribution is -2.47. The minimum Gasteiger partial charge on any atom is -0.354 e. The summed E-state index contributed by atoms with van der Waals surface area (Å²) in [6.45, 7) is 5.18. The van der Waals surface area contributed by atoms with Gasteiger partial charge in [0.1, 0.15) is 0 Å². The molecule has 0 aromatic heterocycles. The Balaban J connectivity index is 1.06. The number of carbonyl (C=O) groups excluding carboxylic acids is 2. The van der Waals surface area contributed by atoms with Crippen molar-refractivity contribution in [1.82, 2.24) is 20.9 Å². The van der Waals surface area contributed by atoms with Gasteiger partial charge in [-0.15, -0.1) is 0 Å². The topological polar surface area (TPSA) is 73.5 Å². The van der Waals surface area contributed by atoms with Crippen LogP contribution in [0.25, 0.3) is 0 Å². The van der Waals surface area contributed by atoms with E-state index in [-0.39, 0.29) is 11.8 Å². The fraction of sp³-hybridized carbons (Fsp3) is 0.923. The molecule has 0 aromatic rings. The van der Waals surface area contributed by atoms with Crippen molar-refractivity contribution >= 4 is 11.8 Å². The lowest BCUT2D eigenvalue weighted by Gasteiger charge is -2.42. The maximum Gasteiger partial charge on any atom is 0.223 e. The third kappa shape index (κ3) is 5.16. The molecule has 5 atom stereocenters. The van der Waals surface area contributed by atoms with Gasteiger partial charge >= 0.3 is 0 Å². The van der Waals surface area contributed by atoms with Crippen LogP contribution in [0.2, 0.25) is 0 Å². The predicted octanol–water partition coefficient (Wildman–Crippen LogP) is 2.68. The van der Waals surface area contributed by atoms with Crippen molar-refractivity contribution in [1.29, 1.82) is 0 Å². The first-order chi connectivity index (χ1) is 15.7. The van der Waals surface area contributed by atoms with Crippen molar-refractivity contribution < 1.29 is 9.59 Å². The van der Waals surface area contributed by atoms with E-state index >= 15 is 0 Å². The van der Waals surface area contributed by atoms with Crippen LogP contribution in [-0.4, -0.2) is 61.5 Å². The van der Waals surface area contributed by atoms with Gasteiger partial charge in [-0.1, -0.05) is 6.42 Å². The minimum absolute atomic E-state index is 0.179. The molecule has 32 heavy (non-hydrogen) atoms. The molecule has 0 radical (unpaired) electrons. The molecule has 3 heterocycles. The van der Waals surface area contributed by atoms with E-state index in [0.29, 0.717) is 29.8 Å². The van der Waals surface area contributed by atoms with Gasteiger partial charge in [0, 0.05) is 37.5 Å². The summed E-state index contributed by atoms with van der Waals surface area (Å²) in [4.78, 5) is 27.9. The Kier molecular flexibility index (Phi) is 7.37. The van der Waals surface area contributed by atoms with Crippen LogP contribution in [0.5, 0.6) is 0 Å². The lowest BCUT2D eigenvalue weighted by molar-refractivity contribution is -0.131. The first-order valence-electron chi connectivity index (χ1n) is 13.7. The number of nitrogens with zero attached hydrogens (tertiary/aromatic N) is 1. The zero-order valence-corrected chi connectivity index (χ0v) is 19.8. The standard InChI is InChI=1S/C26H44N4O2/c31-25-14-22(17-30(25)24-9-8-21-15-27-12-10-20(21)13-24)18-4-6-19(7-5-18)26(32)29-16-23-3-1-2-11-28-23/h18-24,27-28H,1-17H2,(H,29,32).